The molecule has 1 aliphatic rings. The summed E-state index contributed by atoms with van der Waals surface area (Å²) >= 11 is 0. The molecule has 0 saturated carbocycles. The number of piperazine rings is 1. The number of aromatic amines is 2. The van der Waals surface area contributed by atoms with Crippen molar-refractivity contribution in [2.45, 2.75) is 12.8 Å². The number of fused-ring (bicyclic) bond motifs is 2. The highest BCUT2D eigenvalue weighted by atomic mass is 16.4. The fourth-order valence-corrected chi connectivity index (χ4v) is 7.48. The van der Waals surface area contributed by atoms with Crippen LogP contribution in [0.1, 0.15) is 12.8 Å². The number of phenolic OH excluding ortho intramolecular Hbond substituents is 1. The van der Waals surface area contributed by atoms with Crippen LogP contribution in [0.2, 0.25) is 0 Å². The SMILES string of the molecule is CN(CCCNC(=O)CN1CCN(c2ccc3nc(-c4ccc5nc(-c6ccc(O)cc6)[nH]c5c4)[nH]c3c2)CC1)CCCNC(=O)CN(CCN(CC(=O)O)CC(=O)O)CC(=O)O. The molecule has 1 aliphatic heterocycles. The Hall–Kier alpha value is -6.61. The molecule has 1 fully saturated rings. The number of aliphatic carboxylic acids is 3. The Morgan fingerprint density at radius 2 is 1.14 bits per heavy atom. The summed E-state index contributed by atoms with van der Waals surface area (Å²) in [6.45, 7) is 4.00. The Morgan fingerprint density at radius 1 is 0.635 bits per heavy atom. The van der Waals surface area contributed by atoms with Crippen molar-refractivity contribution in [1.82, 2.24) is 50.2 Å². The van der Waals surface area contributed by atoms with Gasteiger partial charge in [0.1, 0.15) is 17.4 Å². The average molecular weight is 870 g/mol. The van der Waals surface area contributed by atoms with Gasteiger partial charge < -0.3 is 50.8 Å². The minimum atomic E-state index is -1.21. The third-order valence-electron chi connectivity index (χ3n) is 10.7. The number of rotatable bonds is 24. The maximum absolute atomic E-state index is 12.8. The van der Waals surface area contributed by atoms with Crippen molar-refractivity contribution in [2.75, 3.05) is 110 Å². The van der Waals surface area contributed by atoms with E-state index >= 15 is 0 Å². The lowest BCUT2D eigenvalue weighted by molar-refractivity contribution is -0.143. The summed E-state index contributed by atoms with van der Waals surface area (Å²) in [6.07, 6.45) is 1.40. The molecule has 3 aromatic carbocycles. The van der Waals surface area contributed by atoms with E-state index < -0.39 is 37.5 Å². The molecule has 0 atom stereocenters. The minimum Gasteiger partial charge on any atom is -0.508 e. The lowest BCUT2D eigenvalue weighted by Gasteiger charge is -2.35. The van der Waals surface area contributed by atoms with E-state index in [1.165, 1.54) is 4.90 Å². The van der Waals surface area contributed by atoms with E-state index in [9.17, 15) is 34.2 Å². The van der Waals surface area contributed by atoms with Gasteiger partial charge in [-0.05, 0) is 93.6 Å². The van der Waals surface area contributed by atoms with Crippen molar-refractivity contribution in [3.8, 4) is 28.5 Å². The normalized spacial score (nSPS) is 13.4. The molecule has 8 N–H and O–H groups in total. The summed E-state index contributed by atoms with van der Waals surface area (Å²) in [7, 11) is 1.96. The number of carboxylic acids is 3. The monoisotopic (exact) mass is 869 g/mol. The zero-order valence-corrected chi connectivity index (χ0v) is 35.3. The smallest absolute Gasteiger partial charge is 0.317 e. The lowest BCUT2D eigenvalue weighted by atomic mass is 10.2. The molecular weight excluding hydrogens is 815 g/mol. The van der Waals surface area contributed by atoms with Crippen LogP contribution in [0.3, 0.4) is 0 Å². The zero-order valence-electron chi connectivity index (χ0n) is 35.3. The average Bonchev–Trinajstić information content (AvgIpc) is 3.87. The van der Waals surface area contributed by atoms with Gasteiger partial charge in [-0.3, -0.25) is 38.7 Å². The van der Waals surface area contributed by atoms with Crippen LogP contribution in [0.4, 0.5) is 5.69 Å². The van der Waals surface area contributed by atoms with Gasteiger partial charge in [-0.1, -0.05) is 0 Å². The van der Waals surface area contributed by atoms with Crippen LogP contribution in [-0.2, 0) is 24.0 Å². The van der Waals surface area contributed by atoms with Gasteiger partial charge in [0.05, 0.1) is 54.8 Å². The molecule has 0 aliphatic carbocycles. The van der Waals surface area contributed by atoms with Gasteiger partial charge in [-0.25, -0.2) is 9.97 Å². The molecule has 336 valence electrons. The maximum Gasteiger partial charge on any atom is 0.317 e. The van der Waals surface area contributed by atoms with Crippen molar-refractivity contribution in [2.24, 2.45) is 0 Å². The quantitative estimate of drug-likeness (QED) is 0.0408. The minimum absolute atomic E-state index is 0.00246. The van der Waals surface area contributed by atoms with E-state index in [0.717, 1.165) is 94.6 Å². The van der Waals surface area contributed by atoms with Crippen LogP contribution >= 0.6 is 0 Å². The predicted molar refractivity (Wildman–Crippen MR) is 235 cm³/mol. The van der Waals surface area contributed by atoms with Gasteiger partial charge in [-0.2, -0.15) is 0 Å². The first-order chi connectivity index (χ1) is 30.3. The fourth-order valence-electron chi connectivity index (χ4n) is 7.48. The van der Waals surface area contributed by atoms with E-state index in [1.807, 2.05) is 43.4 Å². The summed E-state index contributed by atoms with van der Waals surface area (Å²) in [5.74, 6) is -2.30. The van der Waals surface area contributed by atoms with Crippen LogP contribution in [0, 0.1) is 0 Å². The van der Waals surface area contributed by atoms with E-state index in [0.29, 0.717) is 32.6 Å². The lowest BCUT2D eigenvalue weighted by Crippen LogP contribution is -2.49. The van der Waals surface area contributed by atoms with Crippen molar-refractivity contribution >= 4 is 57.5 Å². The molecule has 20 nitrogen and oxygen atoms in total. The zero-order chi connectivity index (χ0) is 44.9. The molecule has 3 heterocycles. The van der Waals surface area contributed by atoms with Gasteiger partial charge in [0.15, 0.2) is 0 Å². The van der Waals surface area contributed by atoms with Crippen molar-refractivity contribution < 1.29 is 44.4 Å². The van der Waals surface area contributed by atoms with Gasteiger partial charge in [0.25, 0.3) is 0 Å². The first-order valence-corrected chi connectivity index (χ1v) is 20.9. The van der Waals surface area contributed by atoms with Gasteiger partial charge in [0, 0.05) is 69.2 Å². The molecular formula is C43H55N11O9. The number of phenols is 1. The van der Waals surface area contributed by atoms with Crippen molar-refractivity contribution in [3.63, 3.8) is 0 Å². The third-order valence-corrected chi connectivity index (χ3v) is 10.7. The molecule has 20 heteroatoms. The van der Waals surface area contributed by atoms with Crippen molar-refractivity contribution in [3.05, 3.63) is 60.7 Å². The molecule has 0 bridgehead atoms. The highest BCUT2D eigenvalue weighted by Gasteiger charge is 2.21. The number of nitrogens with zero attached hydrogens (tertiary/aromatic N) is 7. The number of aromatic hydroxyl groups is 1. The summed E-state index contributed by atoms with van der Waals surface area (Å²) in [6, 6.07) is 19.1. The van der Waals surface area contributed by atoms with Crippen LogP contribution in [-0.4, -0.2) is 195 Å². The van der Waals surface area contributed by atoms with Crippen LogP contribution < -0.4 is 15.5 Å². The number of hydrogen-bond donors (Lipinski definition) is 8. The second kappa shape index (κ2) is 22.0. The predicted octanol–water partition coefficient (Wildman–Crippen LogP) is 1.40. The number of carbonyl (C=O) groups excluding carboxylic acids is 2. The molecule has 2 aromatic heterocycles. The molecule has 0 unspecified atom stereocenters. The number of anilines is 1. The van der Waals surface area contributed by atoms with E-state index in [4.69, 9.17) is 20.2 Å². The summed E-state index contributed by atoms with van der Waals surface area (Å²) in [4.78, 5) is 84.2. The molecule has 5 aromatic rings. The third kappa shape index (κ3) is 13.9. The topological polar surface area (TPSA) is 264 Å². The molecule has 0 spiro atoms. The Morgan fingerprint density at radius 3 is 1.73 bits per heavy atom. The number of amides is 2. The Balaban J connectivity index is 0.852. The molecule has 63 heavy (non-hydrogen) atoms. The Kier molecular flexibility index (Phi) is 16.0. The fraction of sp³-hybridized carbons (Fsp3) is 0.419. The number of aromatic nitrogens is 4. The summed E-state index contributed by atoms with van der Waals surface area (Å²) in [5, 5.41) is 42.7. The molecule has 1 saturated heterocycles. The van der Waals surface area contributed by atoms with E-state index in [1.54, 1.807) is 12.1 Å². The second-order valence-electron chi connectivity index (χ2n) is 15.7. The van der Waals surface area contributed by atoms with Gasteiger partial charge in [-0.15, -0.1) is 0 Å². The first-order valence-electron chi connectivity index (χ1n) is 20.9. The molecule has 0 radical (unpaired) electrons. The van der Waals surface area contributed by atoms with Crippen LogP contribution in [0.15, 0.2) is 60.7 Å². The Labute approximate surface area is 363 Å². The second-order valence-corrected chi connectivity index (χ2v) is 15.7. The van der Waals surface area contributed by atoms with Crippen LogP contribution in [0.5, 0.6) is 5.75 Å². The number of benzene rings is 3. The number of carboxylic acid groups (broad SMARTS) is 3. The van der Waals surface area contributed by atoms with Gasteiger partial charge >= 0.3 is 17.9 Å². The maximum atomic E-state index is 12.8. The number of hydrogen-bond acceptors (Lipinski definition) is 13. The van der Waals surface area contributed by atoms with Crippen molar-refractivity contribution in [1.29, 1.82) is 0 Å². The standard InChI is InChI=1S/C43H55N11O9/c1-50(15-3-13-45-38(57)25-52(26-39(58)59)16-17-53(27-40(60)61)28-41(62)63)14-2-12-44-37(56)24-51-18-20-54(21-19-51)31-7-11-34-36(23-31)49-43(47-34)30-6-10-33-35(22-30)48-42(46-33)29-4-8-32(55)9-5-29/h4-11,22-23,55H,2-3,12-21,24-28H2,1H3,(H,44,56)(H,45,57)(H,46,48)(H,47,49)(H,58,59)(H,60,61)(H,62,63). The molecule has 6 rings (SSSR count). The van der Waals surface area contributed by atoms with E-state index in [-0.39, 0.29) is 37.2 Å². The van der Waals surface area contributed by atoms with Gasteiger partial charge in [0.2, 0.25) is 11.8 Å². The molecule has 2 amide bonds. The number of H-pyrrole nitrogens is 2. The first kappa shape index (κ1) is 45.9. The summed E-state index contributed by atoms with van der Waals surface area (Å²) in [5.41, 5.74) is 6.43. The Bertz CT molecular complexity index is 2340. The van der Waals surface area contributed by atoms with Crippen LogP contribution in [0.25, 0.3) is 44.8 Å². The highest BCUT2D eigenvalue weighted by molar-refractivity contribution is 5.87. The largest absolute Gasteiger partial charge is 0.508 e. The summed E-state index contributed by atoms with van der Waals surface area (Å²) < 4.78 is 0. The number of imidazole rings is 2. The van der Waals surface area contributed by atoms with E-state index in [2.05, 4.69) is 47.4 Å². The number of nitrogens with one attached hydrogen (secondary N) is 4. The highest BCUT2D eigenvalue weighted by Crippen LogP contribution is 2.29. The number of carbonyl (C=O) groups is 5.